The minimum Gasteiger partial charge on any atom is -0.508 e. The molecule has 2 unspecified atom stereocenters. The van der Waals surface area contributed by atoms with Crippen molar-refractivity contribution in [2.75, 3.05) is 52.9 Å². The van der Waals surface area contributed by atoms with Crippen molar-refractivity contribution in [2.45, 2.75) is 153 Å². The molecular weight excluding hydrogens is 1320 g/mol. The van der Waals surface area contributed by atoms with Gasteiger partial charge in [-0.25, -0.2) is 0 Å². The van der Waals surface area contributed by atoms with Gasteiger partial charge in [0.15, 0.2) is 0 Å². The Morgan fingerprint density at radius 3 is 0.606 bits per heavy atom. The third-order valence-corrected chi connectivity index (χ3v) is 16.4. The number of aryl methyl sites for hydroxylation is 4. The van der Waals surface area contributed by atoms with Gasteiger partial charge in [-0.2, -0.15) is 0 Å². The fraction of sp³-hybridized carbons (Fsp3) is 0.381. The summed E-state index contributed by atoms with van der Waals surface area (Å²) >= 11 is 0. The molecule has 104 heavy (non-hydrogen) atoms. The van der Waals surface area contributed by atoms with Crippen molar-refractivity contribution in [3.8, 4) is 23.0 Å². The van der Waals surface area contributed by atoms with Crippen molar-refractivity contribution in [3.05, 3.63) is 263 Å². The third kappa shape index (κ3) is 38.2. The topological polar surface area (TPSA) is 315 Å². The Labute approximate surface area is 613 Å². The van der Waals surface area contributed by atoms with Crippen molar-refractivity contribution in [1.82, 2.24) is 21.3 Å². The van der Waals surface area contributed by atoms with Crippen molar-refractivity contribution in [3.63, 3.8) is 0 Å². The number of ether oxygens (including phenoxy) is 4. The molecule has 0 aliphatic heterocycles. The molecule has 0 heterocycles. The van der Waals surface area contributed by atoms with Crippen LogP contribution < -0.4 is 21.3 Å². The largest absolute Gasteiger partial charge is 0.508 e. The molecule has 0 saturated carbocycles. The Hall–Kier alpha value is -9.48. The lowest BCUT2D eigenvalue weighted by Crippen LogP contribution is -2.41. The molecule has 0 bridgehead atoms. The summed E-state index contributed by atoms with van der Waals surface area (Å²) in [7, 11) is 0. The second kappa shape index (κ2) is 50.0. The van der Waals surface area contributed by atoms with E-state index in [0.717, 1.165) is 44.5 Å². The van der Waals surface area contributed by atoms with Crippen LogP contribution in [0.4, 0.5) is 0 Å². The highest BCUT2D eigenvalue weighted by Crippen LogP contribution is 2.18. The monoisotopic (exact) mass is 1430 g/mol. The number of aliphatic hydroxyl groups is 4. The first-order valence-electron chi connectivity index (χ1n) is 35.6. The molecule has 8 rings (SSSR count). The molecule has 20 nitrogen and oxygen atoms in total. The van der Waals surface area contributed by atoms with Gasteiger partial charge >= 0.3 is 0 Å². The van der Waals surface area contributed by atoms with E-state index in [2.05, 4.69) is 21.3 Å². The molecule has 0 fully saturated rings. The maximum Gasteiger partial charge on any atom is 0.220 e. The number of aromatic hydroxyl groups is 4. The van der Waals surface area contributed by atoms with E-state index in [0.29, 0.717) is 103 Å². The number of hydrogen-bond donors (Lipinski definition) is 12. The second-order valence-electron chi connectivity index (χ2n) is 25.8. The summed E-state index contributed by atoms with van der Waals surface area (Å²) in [5, 5.41) is 86.2. The zero-order valence-corrected chi connectivity index (χ0v) is 60.4. The van der Waals surface area contributed by atoms with Crippen molar-refractivity contribution < 1.29 is 79.0 Å². The first-order valence-corrected chi connectivity index (χ1v) is 35.6. The summed E-state index contributed by atoms with van der Waals surface area (Å²) in [4.78, 5) is 49.3. The molecule has 8 aromatic carbocycles. The molecule has 8 aromatic rings. The van der Waals surface area contributed by atoms with Crippen LogP contribution in [0.25, 0.3) is 0 Å². The second-order valence-corrected chi connectivity index (χ2v) is 25.8. The van der Waals surface area contributed by atoms with Crippen LogP contribution in [0.1, 0.15) is 97.9 Å². The third-order valence-electron chi connectivity index (χ3n) is 16.4. The van der Waals surface area contributed by atoms with Crippen molar-refractivity contribution in [2.24, 2.45) is 0 Å². The number of carbonyl (C=O) groups is 4. The maximum absolute atomic E-state index is 12.3. The number of amides is 4. The fourth-order valence-electron chi connectivity index (χ4n) is 10.4. The average molecular weight is 1430 g/mol. The van der Waals surface area contributed by atoms with Gasteiger partial charge in [0, 0.05) is 25.7 Å². The highest BCUT2D eigenvalue weighted by molar-refractivity contribution is 5.78. The molecule has 20 heteroatoms. The summed E-state index contributed by atoms with van der Waals surface area (Å²) in [5.74, 6) is 0.723. The number of phenols is 4. The van der Waals surface area contributed by atoms with E-state index in [1.165, 1.54) is 0 Å². The van der Waals surface area contributed by atoms with E-state index in [-0.39, 0.29) is 122 Å². The first kappa shape index (κ1) is 85.2. The number of aliphatic hydroxyl groups excluding tert-OH is 4. The lowest BCUT2D eigenvalue weighted by molar-refractivity contribution is -0.123. The van der Waals surface area contributed by atoms with Crippen LogP contribution in [0.15, 0.2) is 218 Å². The molecule has 0 aliphatic carbocycles. The normalized spacial score (nSPS) is 13.2. The molecule has 4 amide bonds. The number of carbonyl (C=O) groups excluding carboxylic acids is 4. The predicted molar refractivity (Wildman–Crippen MR) is 404 cm³/mol. The lowest BCUT2D eigenvalue weighted by atomic mass is 10.1. The summed E-state index contributed by atoms with van der Waals surface area (Å²) in [6.07, 6.45) is 5.64. The Morgan fingerprint density at radius 2 is 0.442 bits per heavy atom. The SMILES string of the molecule is C[C@@H](CO)OCC(Cc1ccc(O)cc1)NC(=O)CCc1ccccc1.C[C@@H](CO)OC[C@H](Cc1ccc(O)cc1)NC(=O)CCc1ccccc1.C[C@H](CO)OCC(Cc1ccc(O)cc1)NC(=O)CCc1ccccc1.C[C@H](CO)OC[C@@H](Cc1ccc(O)cc1)NC(=O)CCc1ccccc1. The smallest absolute Gasteiger partial charge is 0.220 e. The van der Waals surface area contributed by atoms with Gasteiger partial charge in [-0.15, -0.1) is 0 Å². The van der Waals surface area contributed by atoms with Gasteiger partial charge in [0.25, 0.3) is 0 Å². The number of benzene rings is 8. The standard InChI is InChI=1S/4C21H27NO4/c4*1-16(14-23)26-15-19(13-18-7-10-20(24)11-8-18)22-21(25)12-9-17-5-3-2-4-6-17/h4*2-8,10-11,16,19,23-24H,9,12-15H2,1H3,(H,22,25)/t2*16-,19?;2*16-,19-/m1010/s1. The van der Waals surface area contributed by atoms with Crippen LogP contribution in [0.2, 0.25) is 0 Å². The van der Waals surface area contributed by atoms with E-state index >= 15 is 0 Å². The number of hydrogen-bond acceptors (Lipinski definition) is 16. The minimum atomic E-state index is -0.279. The van der Waals surface area contributed by atoms with E-state index in [1.54, 1.807) is 76.2 Å². The van der Waals surface area contributed by atoms with E-state index in [9.17, 15) is 39.6 Å². The molecule has 0 spiro atoms. The van der Waals surface area contributed by atoms with Crippen LogP contribution in [-0.2, 0) is 89.5 Å². The summed E-state index contributed by atoms with van der Waals surface area (Å²) < 4.78 is 22.4. The van der Waals surface area contributed by atoms with Crippen molar-refractivity contribution >= 4 is 23.6 Å². The fourth-order valence-corrected chi connectivity index (χ4v) is 10.4. The van der Waals surface area contributed by atoms with Gasteiger partial charge in [0.05, 0.1) is 101 Å². The molecular formula is C84H108N4O16. The molecule has 0 radical (unpaired) electrons. The van der Waals surface area contributed by atoms with Crippen LogP contribution in [0.5, 0.6) is 23.0 Å². The molecule has 560 valence electrons. The Balaban J connectivity index is 0.000000249. The Bertz CT molecular complexity index is 3110. The van der Waals surface area contributed by atoms with Gasteiger partial charge < -0.3 is 81.1 Å². The predicted octanol–water partition coefficient (Wildman–Crippen LogP) is 9.80. The van der Waals surface area contributed by atoms with Crippen LogP contribution in [0, 0.1) is 0 Å². The molecule has 0 aliphatic rings. The van der Waals surface area contributed by atoms with Gasteiger partial charge in [0.1, 0.15) is 23.0 Å². The van der Waals surface area contributed by atoms with Crippen LogP contribution in [0.3, 0.4) is 0 Å². The van der Waals surface area contributed by atoms with E-state index in [4.69, 9.17) is 39.4 Å². The van der Waals surface area contributed by atoms with Gasteiger partial charge in [-0.3, -0.25) is 19.2 Å². The van der Waals surface area contributed by atoms with Crippen LogP contribution >= 0.6 is 0 Å². The minimum absolute atomic E-state index is 0.0297. The number of phenolic OH excluding ortho intramolecular Hbond substituents is 4. The lowest BCUT2D eigenvalue weighted by Gasteiger charge is -2.21. The quantitative estimate of drug-likeness (QED) is 0.0170. The molecule has 12 N–H and O–H groups in total. The number of nitrogens with one attached hydrogen (secondary N) is 4. The van der Waals surface area contributed by atoms with Crippen LogP contribution in [-0.4, -0.2) is 166 Å². The highest BCUT2D eigenvalue weighted by atomic mass is 16.5. The average Bonchev–Trinajstić information content (AvgIpc) is 0.925. The summed E-state index contributed by atoms with van der Waals surface area (Å²) in [6.45, 7) is 8.18. The zero-order chi connectivity index (χ0) is 75.1. The summed E-state index contributed by atoms with van der Waals surface area (Å²) in [6, 6.07) is 66.4. The van der Waals surface area contributed by atoms with E-state index in [1.807, 2.05) is 170 Å². The Morgan fingerprint density at radius 1 is 0.269 bits per heavy atom. The first-order chi connectivity index (χ1) is 50.3. The Kier molecular flexibility index (Phi) is 41.0. The maximum atomic E-state index is 12.3. The molecule has 0 saturated heterocycles. The zero-order valence-electron chi connectivity index (χ0n) is 60.4. The van der Waals surface area contributed by atoms with Gasteiger partial charge in [0.2, 0.25) is 23.6 Å². The summed E-state index contributed by atoms with van der Waals surface area (Å²) in [5.41, 5.74) is 8.50. The van der Waals surface area contributed by atoms with Gasteiger partial charge in [-0.1, -0.05) is 170 Å². The number of rotatable bonds is 40. The van der Waals surface area contributed by atoms with Crippen molar-refractivity contribution in [1.29, 1.82) is 0 Å². The van der Waals surface area contributed by atoms with Gasteiger partial charge in [-0.05, 0) is 172 Å². The van der Waals surface area contributed by atoms with E-state index < -0.39 is 0 Å². The molecule has 0 aromatic heterocycles. The highest BCUT2D eigenvalue weighted by Gasteiger charge is 2.20. The molecule has 8 atom stereocenters.